The molecule has 626 valence electrons. The maximum Gasteiger partial charge on any atom is 0.364 e. The Morgan fingerprint density at radius 3 is 1.44 bits per heavy atom. The average Bonchev–Trinajstić information content (AvgIpc) is 0.743. The molecule has 26 atom stereocenters. The van der Waals surface area contributed by atoms with Crippen molar-refractivity contribution in [2.24, 2.45) is 5.92 Å². The van der Waals surface area contributed by atoms with Crippen molar-refractivity contribution in [1.82, 2.24) is 16.0 Å². The Morgan fingerprint density at radius 1 is 0.514 bits per heavy atom. The number of hydrogen-bond donors (Lipinski definition) is 21. The summed E-state index contributed by atoms with van der Waals surface area (Å²) >= 11 is 0. The first-order chi connectivity index (χ1) is 50.8. The van der Waals surface area contributed by atoms with Gasteiger partial charge in [0.05, 0.1) is 69.0 Å². The molecule has 4 heterocycles. The Balaban J connectivity index is 1.54. The van der Waals surface area contributed by atoms with Crippen LogP contribution in [-0.4, -0.2) is 313 Å². The van der Waals surface area contributed by atoms with Crippen molar-refractivity contribution >= 4 is 29.7 Å². The number of aliphatic carboxylic acids is 2. The van der Waals surface area contributed by atoms with Crippen molar-refractivity contribution in [2.45, 2.75) is 392 Å². The van der Waals surface area contributed by atoms with Gasteiger partial charge in [-0.05, 0) is 25.7 Å². The summed E-state index contributed by atoms with van der Waals surface area (Å²) in [7, 11) is 0. The minimum absolute atomic E-state index is 0.0547. The zero-order valence-corrected chi connectivity index (χ0v) is 63.2. The summed E-state index contributed by atoms with van der Waals surface area (Å²) in [5.74, 6) is -13.6. The van der Waals surface area contributed by atoms with Gasteiger partial charge < -0.3 is 146 Å². The normalized spacial score (nSPS) is 31.4. The second kappa shape index (κ2) is 49.8. The number of carbonyl (C=O) groups excluding carboxylic acids is 3. The maximum absolute atomic E-state index is 13.8. The van der Waals surface area contributed by atoms with Gasteiger partial charge in [-0.15, -0.1) is 0 Å². The molecule has 21 N–H and O–H groups in total. The highest BCUT2D eigenvalue weighted by Crippen LogP contribution is 2.42. The Bertz CT molecular complexity index is 2500. The molecule has 3 amide bonds. The van der Waals surface area contributed by atoms with Crippen molar-refractivity contribution in [1.29, 1.82) is 0 Å². The molecule has 107 heavy (non-hydrogen) atoms. The van der Waals surface area contributed by atoms with Gasteiger partial charge in [-0.2, -0.15) is 0 Å². The van der Waals surface area contributed by atoms with Gasteiger partial charge in [-0.1, -0.05) is 194 Å². The molecule has 34 heteroatoms. The molecule has 4 fully saturated rings. The Labute approximate surface area is 628 Å². The lowest BCUT2D eigenvalue weighted by Gasteiger charge is -2.52. The zero-order chi connectivity index (χ0) is 79.6. The number of aliphatic hydroxyl groups is 16. The number of nitrogens with one attached hydrogen (secondary N) is 3. The van der Waals surface area contributed by atoms with Gasteiger partial charge >= 0.3 is 11.9 Å². The molecule has 34 nitrogen and oxygen atoms in total. The lowest BCUT2D eigenvalue weighted by atomic mass is 9.86. The third kappa shape index (κ3) is 31.0. The topological polar surface area (TPSA) is 559 Å². The molecule has 0 aromatic heterocycles. The van der Waals surface area contributed by atoms with E-state index < -0.39 is 234 Å². The third-order valence-corrected chi connectivity index (χ3v) is 20.7. The second-order valence-electron chi connectivity index (χ2n) is 30.2. The Kier molecular flexibility index (Phi) is 44.6. The summed E-state index contributed by atoms with van der Waals surface area (Å²) in [5.41, 5.74) is 0. The van der Waals surface area contributed by atoms with Crippen LogP contribution in [0, 0.1) is 5.92 Å². The van der Waals surface area contributed by atoms with E-state index in [1.807, 2.05) is 0 Å². The molecule has 4 rings (SSSR count). The lowest BCUT2D eigenvalue weighted by Crippen LogP contribution is -2.72. The zero-order valence-electron chi connectivity index (χ0n) is 63.2. The van der Waals surface area contributed by atoms with Gasteiger partial charge in [0.2, 0.25) is 17.7 Å². The smallest absolute Gasteiger partial charge is 0.364 e. The first-order valence-corrected chi connectivity index (χ1v) is 39.1. The number of carboxylic acids is 2. The molecule has 4 saturated heterocycles. The number of ether oxygens (including phenoxy) is 8. The summed E-state index contributed by atoms with van der Waals surface area (Å²) < 4.78 is 46.1. The average molecular weight is 1550 g/mol. The van der Waals surface area contributed by atoms with Crippen molar-refractivity contribution < 1.29 is 154 Å². The molecule has 4 aliphatic rings. The molecule has 0 saturated carbocycles. The molecule has 0 aromatic carbocycles. The summed E-state index contributed by atoms with van der Waals surface area (Å²) in [6.07, 6.45) is -15.5. The van der Waals surface area contributed by atoms with E-state index in [1.165, 1.54) is 90.4 Å². The van der Waals surface area contributed by atoms with Gasteiger partial charge in [0.1, 0.15) is 98.2 Å². The van der Waals surface area contributed by atoms with Crippen molar-refractivity contribution in [3.63, 3.8) is 0 Å². The van der Waals surface area contributed by atoms with Crippen LogP contribution in [0.25, 0.3) is 0 Å². The molecular weight excluding hydrogens is 1410 g/mol. The van der Waals surface area contributed by atoms with Crippen molar-refractivity contribution in [3.05, 3.63) is 0 Å². The Hall–Kier alpha value is -3.61. The van der Waals surface area contributed by atoms with Crippen LogP contribution in [-0.2, 0) is 61.9 Å². The van der Waals surface area contributed by atoms with Crippen molar-refractivity contribution in [2.75, 3.05) is 33.0 Å². The number of unbranched alkanes of at least 4 members (excludes halogenated alkanes) is 24. The number of rotatable bonds is 55. The number of carbonyl (C=O) groups is 5. The molecule has 0 bridgehead atoms. The van der Waals surface area contributed by atoms with Crippen LogP contribution < -0.4 is 16.0 Å². The van der Waals surface area contributed by atoms with E-state index in [4.69, 9.17) is 37.9 Å². The summed E-state index contributed by atoms with van der Waals surface area (Å²) in [5, 5.41) is 204. The summed E-state index contributed by atoms with van der Waals surface area (Å²) in [6, 6.07) is -5.57. The largest absolute Gasteiger partial charge is 0.477 e. The van der Waals surface area contributed by atoms with Crippen LogP contribution in [0.5, 0.6) is 0 Å². The predicted molar refractivity (Wildman–Crippen MR) is 380 cm³/mol. The molecule has 4 aliphatic heterocycles. The van der Waals surface area contributed by atoms with E-state index in [1.54, 1.807) is 0 Å². The van der Waals surface area contributed by atoms with E-state index in [2.05, 4.69) is 36.7 Å². The highest BCUT2D eigenvalue weighted by Gasteiger charge is 2.63. The van der Waals surface area contributed by atoms with Crippen LogP contribution in [0.15, 0.2) is 0 Å². The van der Waals surface area contributed by atoms with Crippen LogP contribution in [0.1, 0.15) is 234 Å². The quantitative estimate of drug-likeness (QED) is 0.0342. The summed E-state index contributed by atoms with van der Waals surface area (Å²) in [6.45, 7) is 3.17. The fraction of sp³-hybridized carbons (Fsp3) is 0.932. The standard InChI is InChI=1S/C73H133N3O31/c1-6-7-8-9-10-11-12-13-14-15-16-17-18-19-20-25-28-31-34-47(81)67(95)75-45(57(87)46(80)33-30-27-24-22-21-23-26-29-32-42(2)3)39-100-69-64(94)62(92)60(90)52(104-69)40-102-72(70(96)97)36-51(55(74-44(5)79)66(106-72)59(89)50(84)38-78)105-73(71(98)99)35-48(82)54(65(107-73)58(88)49(83)37-77)76-53(85)41-101-68-63(93)61(91)56(86)43(4)103-68/h42-43,45-52,54-66,68-69,77-78,80-84,86-94H,6-41H2,1-5H3,(H,74,79)(H,75,95)(H,76,85)(H,96,97)(H,98,99)/t43-,45-,46+,47+,48-,49+,50+,51-,52+,54+,55+,56+,57-,58+,59+,60+,61+,62-,63-,64+,65+,66+,68+,69+,72+,73+/m0/s1. The fourth-order valence-electron chi connectivity index (χ4n) is 14.1. The number of aliphatic hydroxyl groups excluding tert-OH is 16. The third-order valence-electron chi connectivity index (χ3n) is 20.7. The lowest BCUT2D eigenvalue weighted by molar-refractivity contribution is -0.365. The minimum atomic E-state index is -3.41. The van der Waals surface area contributed by atoms with E-state index in [0.29, 0.717) is 18.8 Å². The molecule has 0 unspecified atom stereocenters. The van der Waals surface area contributed by atoms with Crippen LogP contribution in [0.2, 0.25) is 0 Å². The fourth-order valence-corrected chi connectivity index (χ4v) is 14.1. The van der Waals surface area contributed by atoms with E-state index in [9.17, 15) is 116 Å². The van der Waals surface area contributed by atoms with Gasteiger partial charge in [0.25, 0.3) is 11.6 Å². The van der Waals surface area contributed by atoms with E-state index >= 15 is 0 Å². The SMILES string of the molecule is CCCCCCCCCCCCCCCCCCCC[C@@H](O)C(=O)N[C@@H](CO[C@@H]1O[C@H](CO[C@]2(C(=O)O)C[C@H](O[C@]3(C(=O)O)C[C@H](O)[C@@H](NC(=O)CO[C@@H]4O[C@@H](C)[C@@H](O)[C@@H](O)[C@@H]4O)[C@H]([C@H](O)[C@H](O)CO)O3)[C@@H](NC(C)=O)[C@H]([C@H](O)[C@H](O)CO)O2)[C@@H](O)[C@H](O)[C@H]1O)[C@H](O)[C@H](O)CCCCCCCCCCC(C)C. The van der Waals surface area contributed by atoms with E-state index in [0.717, 1.165) is 84.0 Å². The molecule has 0 aromatic rings. The molecular formula is C73H133N3O31. The van der Waals surface area contributed by atoms with E-state index in [-0.39, 0.29) is 12.8 Å². The van der Waals surface area contributed by atoms with Gasteiger partial charge in [0.15, 0.2) is 12.6 Å². The van der Waals surface area contributed by atoms with Crippen LogP contribution >= 0.6 is 0 Å². The highest BCUT2D eigenvalue weighted by atomic mass is 16.8. The number of hydrogen-bond acceptors (Lipinski definition) is 29. The molecule has 0 radical (unpaired) electrons. The predicted octanol–water partition coefficient (Wildman–Crippen LogP) is -0.469. The maximum atomic E-state index is 13.8. The van der Waals surface area contributed by atoms with Crippen LogP contribution in [0.4, 0.5) is 0 Å². The van der Waals surface area contributed by atoms with Gasteiger partial charge in [-0.3, -0.25) is 14.4 Å². The Morgan fingerprint density at radius 2 is 0.963 bits per heavy atom. The first-order valence-electron chi connectivity index (χ1n) is 39.1. The summed E-state index contributed by atoms with van der Waals surface area (Å²) in [4.78, 5) is 67.7. The molecule has 0 aliphatic carbocycles. The van der Waals surface area contributed by atoms with Crippen molar-refractivity contribution in [3.8, 4) is 0 Å². The first kappa shape index (κ1) is 95.8. The van der Waals surface area contributed by atoms with Gasteiger partial charge in [0, 0.05) is 19.8 Å². The number of amides is 3. The van der Waals surface area contributed by atoms with Gasteiger partial charge in [-0.25, -0.2) is 9.59 Å². The minimum Gasteiger partial charge on any atom is -0.477 e. The number of carboxylic acid groups (broad SMARTS) is 2. The van der Waals surface area contributed by atoms with Crippen LogP contribution in [0.3, 0.4) is 0 Å². The monoisotopic (exact) mass is 1550 g/mol. The molecule has 0 spiro atoms. The highest BCUT2D eigenvalue weighted by molar-refractivity contribution is 5.81. The second-order valence-corrected chi connectivity index (χ2v) is 30.2.